The molecule has 31 heavy (non-hydrogen) atoms. The molecule has 1 amide bonds. The highest BCUT2D eigenvalue weighted by Gasteiger charge is 2.22. The van der Waals surface area contributed by atoms with E-state index in [-0.39, 0.29) is 5.91 Å². The molecule has 0 radical (unpaired) electrons. The van der Waals surface area contributed by atoms with Gasteiger partial charge in [-0.25, -0.2) is 4.98 Å². The Bertz CT molecular complexity index is 1390. The van der Waals surface area contributed by atoms with Crippen molar-refractivity contribution in [3.05, 3.63) is 89.5 Å². The number of fused-ring (bicyclic) bond motifs is 1. The summed E-state index contributed by atoms with van der Waals surface area (Å²) < 4.78 is 5.68. The SMILES string of the molecule is Cc1ccccc1NC(=O)c1sc2nc(-c3ccccc3)cc(-c3ccco3)c2c1N. The summed E-state index contributed by atoms with van der Waals surface area (Å²) in [5.74, 6) is 0.432. The van der Waals surface area contributed by atoms with Gasteiger partial charge in [0.25, 0.3) is 5.91 Å². The molecule has 0 unspecified atom stereocenters. The van der Waals surface area contributed by atoms with Gasteiger partial charge in [0.15, 0.2) is 0 Å². The lowest BCUT2D eigenvalue weighted by Gasteiger charge is -2.08. The minimum absolute atomic E-state index is 0.249. The van der Waals surface area contributed by atoms with E-state index in [2.05, 4.69) is 5.32 Å². The number of hydrogen-bond donors (Lipinski definition) is 2. The van der Waals surface area contributed by atoms with E-state index < -0.39 is 0 Å². The van der Waals surface area contributed by atoms with Crippen molar-refractivity contribution in [3.63, 3.8) is 0 Å². The molecule has 0 bridgehead atoms. The van der Waals surface area contributed by atoms with Gasteiger partial charge in [-0.05, 0) is 36.8 Å². The molecule has 3 aromatic heterocycles. The zero-order chi connectivity index (χ0) is 21.4. The number of nitrogens with one attached hydrogen (secondary N) is 1. The van der Waals surface area contributed by atoms with Crippen LogP contribution in [0.15, 0.2) is 83.5 Å². The normalized spacial score (nSPS) is 11.0. The lowest BCUT2D eigenvalue weighted by atomic mass is 10.0. The molecule has 0 saturated carbocycles. The number of nitrogens with zero attached hydrogens (tertiary/aromatic N) is 1. The molecule has 3 N–H and O–H groups in total. The first-order valence-corrected chi connectivity index (χ1v) is 10.6. The van der Waals surface area contributed by atoms with Gasteiger partial charge < -0.3 is 15.5 Å². The van der Waals surface area contributed by atoms with Crippen LogP contribution in [0, 0.1) is 6.92 Å². The maximum atomic E-state index is 13.1. The maximum absolute atomic E-state index is 13.1. The van der Waals surface area contributed by atoms with Crippen molar-refractivity contribution in [1.29, 1.82) is 0 Å². The molecule has 3 heterocycles. The standard InChI is InChI=1S/C25H19N3O2S/c1-15-8-5-6-11-18(15)27-24(29)23-22(26)21-17(20-12-7-13-30-20)14-19(28-25(21)31-23)16-9-3-2-4-10-16/h2-14H,26H2,1H3,(H,27,29). The summed E-state index contributed by atoms with van der Waals surface area (Å²) in [7, 11) is 0. The molecule has 0 fully saturated rings. The van der Waals surface area contributed by atoms with E-state index in [1.807, 2.05) is 79.7 Å². The van der Waals surface area contributed by atoms with Crippen molar-refractivity contribution in [3.8, 4) is 22.6 Å². The van der Waals surface area contributed by atoms with Crippen LogP contribution in [0.25, 0.3) is 32.8 Å². The number of amides is 1. The molecule has 5 nitrogen and oxygen atoms in total. The van der Waals surface area contributed by atoms with Gasteiger partial charge in [-0.15, -0.1) is 11.3 Å². The largest absolute Gasteiger partial charge is 0.464 e. The molecule has 0 aliphatic carbocycles. The maximum Gasteiger partial charge on any atom is 0.267 e. The van der Waals surface area contributed by atoms with Gasteiger partial charge >= 0.3 is 0 Å². The monoisotopic (exact) mass is 425 g/mol. The van der Waals surface area contributed by atoms with E-state index in [9.17, 15) is 4.79 Å². The summed E-state index contributed by atoms with van der Waals surface area (Å²) in [5.41, 5.74) is 11.2. The number of carbonyl (C=O) groups is 1. The van der Waals surface area contributed by atoms with E-state index in [1.54, 1.807) is 6.26 Å². The summed E-state index contributed by atoms with van der Waals surface area (Å²) in [6.45, 7) is 1.95. The van der Waals surface area contributed by atoms with Crippen LogP contribution < -0.4 is 11.1 Å². The number of anilines is 2. The second-order valence-electron chi connectivity index (χ2n) is 7.19. The molecule has 0 aliphatic rings. The van der Waals surface area contributed by atoms with E-state index >= 15 is 0 Å². The van der Waals surface area contributed by atoms with Crippen molar-refractivity contribution in [2.75, 3.05) is 11.1 Å². The Morgan fingerprint density at radius 1 is 1.03 bits per heavy atom. The number of carbonyl (C=O) groups excluding carboxylic acids is 1. The highest BCUT2D eigenvalue weighted by atomic mass is 32.1. The first-order chi connectivity index (χ1) is 15.1. The van der Waals surface area contributed by atoms with E-state index in [0.717, 1.165) is 33.5 Å². The van der Waals surface area contributed by atoms with Gasteiger partial charge in [0.2, 0.25) is 0 Å². The molecule has 6 heteroatoms. The Balaban J connectivity index is 1.67. The third-order valence-electron chi connectivity index (χ3n) is 5.15. The van der Waals surface area contributed by atoms with Crippen LogP contribution in [-0.2, 0) is 0 Å². The predicted molar refractivity (Wildman–Crippen MR) is 126 cm³/mol. The molecular formula is C25H19N3O2S. The number of rotatable bonds is 4. The molecule has 0 atom stereocenters. The number of hydrogen-bond acceptors (Lipinski definition) is 5. The van der Waals surface area contributed by atoms with Gasteiger partial charge in [-0.3, -0.25) is 4.79 Å². The molecule has 5 aromatic rings. The number of thiophene rings is 1. The molecule has 0 saturated heterocycles. The number of aryl methyl sites for hydroxylation is 1. The number of benzene rings is 2. The molecular weight excluding hydrogens is 406 g/mol. The number of nitrogens with two attached hydrogens (primary N) is 1. The molecule has 152 valence electrons. The Labute approximate surface area is 183 Å². The topological polar surface area (TPSA) is 81.2 Å². The Kier molecular flexibility index (Phi) is 4.76. The second-order valence-corrected chi connectivity index (χ2v) is 8.19. The number of pyridine rings is 1. The van der Waals surface area contributed by atoms with E-state index in [1.165, 1.54) is 11.3 Å². The Hall–Kier alpha value is -3.90. The highest BCUT2D eigenvalue weighted by molar-refractivity contribution is 7.21. The van der Waals surface area contributed by atoms with Gasteiger partial charge in [0, 0.05) is 22.2 Å². The summed E-state index contributed by atoms with van der Waals surface area (Å²) in [6, 6.07) is 23.2. The lowest BCUT2D eigenvalue weighted by molar-refractivity contribution is 0.103. The first kappa shape index (κ1) is 19.1. The summed E-state index contributed by atoms with van der Waals surface area (Å²) in [6.07, 6.45) is 1.62. The Morgan fingerprint density at radius 2 is 1.81 bits per heavy atom. The average molecular weight is 426 g/mol. The predicted octanol–water partition coefficient (Wildman–Crippen LogP) is 6.37. The molecule has 0 aliphatic heterocycles. The zero-order valence-corrected chi connectivity index (χ0v) is 17.6. The minimum atomic E-state index is -0.249. The average Bonchev–Trinajstić information content (AvgIpc) is 3.44. The third kappa shape index (κ3) is 3.47. The lowest BCUT2D eigenvalue weighted by Crippen LogP contribution is -2.12. The Morgan fingerprint density at radius 3 is 2.55 bits per heavy atom. The molecule has 5 rings (SSSR count). The van der Waals surface area contributed by atoms with Crippen molar-refractivity contribution < 1.29 is 9.21 Å². The van der Waals surface area contributed by atoms with Crippen LogP contribution in [0.5, 0.6) is 0 Å². The fourth-order valence-corrected chi connectivity index (χ4v) is 4.58. The first-order valence-electron chi connectivity index (χ1n) is 9.81. The number of para-hydroxylation sites is 1. The second kappa shape index (κ2) is 7.74. The third-order valence-corrected chi connectivity index (χ3v) is 6.25. The van der Waals surface area contributed by atoms with Crippen LogP contribution in [0.4, 0.5) is 11.4 Å². The number of nitrogen functional groups attached to an aromatic ring is 1. The van der Waals surface area contributed by atoms with Crippen LogP contribution >= 0.6 is 11.3 Å². The molecule has 2 aromatic carbocycles. The van der Waals surface area contributed by atoms with Gasteiger partial charge in [0.05, 0.1) is 17.6 Å². The number of furan rings is 1. The zero-order valence-electron chi connectivity index (χ0n) is 16.8. The molecule has 0 spiro atoms. The van der Waals surface area contributed by atoms with Crippen LogP contribution in [0.2, 0.25) is 0 Å². The van der Waals surface area contributed by atoms with Crippen LogP contribution in [0.3, 0.4) is 0 Å². The fraction of sp³-hybridized carbons (Fsp3) is 0.0400. The fourth-order valence-electron chi connectivity index (χ4n) is 3.56. The minimum Gasteiger partial charge on any atom is -0.464 e. The summed E-state index contributed by atoms with van der Waals surface area (Å²) in [4.78, 5) is 19.0. The van der Waals surface area contributed by atoms with Crippen LogP contribution in [-0.4, -0.2) is 10.9 Å². The number of aromatic nitrogens is 1. The van der Waals surface area contributed by atoms with Gasteiger partial charge in [-0.1, -0.05) is 48.5 Å². The highest BCUT2D eigenvalue weighted by Crippen LogP contribution is 2.41. The van der Waals surface area contributed by atoms with Gasteiger partial charge in [-0.2, -0.15) is 0 Å². The van der Waals surface area contributed by atoms with Crippen molar-refractivity contribution >= 4 is 38.8 Å². The smallest absolute Gasteiger partial charge is 0.267 e. The van der Waals surface area contributed by atoms with Crippen molar-refractivity contribution in [1.82, 2.24) is 4.98 Å². The summed E-state index contributed by atoms with van der Waals surface area (Å²) >= 11 is 1.29. The van der Waals surface area contributed by atoms with Gasteiger partial charge in [0.1, 0.15) is 15.5 Å². The summed E-state index contributed by atoms with van der Waals surface area (Å²) in [5, 5.41) is 3.70. The van der Waals surface area contributed by atoms with E-state index in [0.29, 0.717) is 21.2 Å². The van der Waals surface area contributed by atoms with Crippen molar-refractivity contribution in [2.45, 2.75) is 6.92 Å². The van der Waals surface area contributed by atoms with Crippen molar-refractivity contribution in [2.24, 2.45) is 0 Å². The van der Waals surface area contributed by atoms with E-state index in [4.69, 9.17) is 15.1 Å². The quantitative estimate of drug-likeness (QED) is 0.351. The van der Waals surface area contributed by atoms with Crippen LogP contribution in [0.1, 0.15) is 15.2 Å².